The van der Waals surface area contributed by atoms with Crippen LogP contribution in [0, 0.1) is 5.82 Å². The van der Waals surface area contributed by atoms with E-state index in [-0.39, 0.29) is 24.4 Å². The first-order valence-electron chi connectivity index (χ1n) is 7.37. The van der Waals surface area contributed by atoms with Gasteiger partial charge in [0.05, 0.1) is 6.61 Å². The third-order valence-corrected chi connectivity index (χ3v) is 3.75. The molecule has 0 aliphatic carbocycles. The van der Waals surface area contributed by atoms with E-state index >= 15 is 0 Å². The van der Waals surface area contributed by atoms with E-state index in [9.17, 15) is 9.18 Å². The summed E-state index contributed by atoms with van der Waals surface area (Å²) in [6.07, 6.45) is 1.83. The molecule has 3 aromatic rings. The lowest BCUT2D eigenvalue weighted by Gasteiger charge is -2.11. The van der Waals surface area contributed by atoms with Gasteiger partial charge in [-0.15, -0.1) is 0 Å². The minimum absolute atomic E-state index is 0.106. The lowest BCUT2D eigenvalue weighted by molar-refractivity contribution is 0.0922. The first-order chi connectivity index (χ1) is 11.1. The van der Waals surface area contributed by atoms with Crippen molar-refractivity contribution in [1.82, 2.24) is 10.3 Å². The molecule has 23 heavy (non-hydrogen) atoms. The molecule has 1 amide bonds. The van der Waals surface area contributed by atoms with Crippen LogP contribution in [0.1, 0.15) is 17.3 Å². The van der Waals surface area contributed by atoms with Crippen molar-refractivity contribution in [3.63, 3.8) is 0 Å². The summed E-state index contributed by atoms with van der Waals surface area (Å²) in [5.74, 6) is -0.518. The molecular formula is C18H17FN2O2. The number of carbonyl (C=O) groups excluding carboxylic acids is 1. The van der Waals surface area contributed by atoms with Gasteiger partial charge in [0.15, 0.2) is 0 Å². The predicted octanol–water partition coefficient (Wildman–Crippen LogP) is 3.08. The van der Waals surface area contributed by atoms with Crippen molar-refractivity contribution in [2.75, 3.05) is 6.61 Å². The van der Waals surface area contributed by atoms with Gasteiger partial charge in [-0.2, -0.15) is 0 Å². The molecule has 0 spiro atoms. The third-order valence-electron chi connectivity index (χ3n) is 3.75. The number of benzene rings is 2. The molecule has 0 saturated heterocycles. The van der Waals surface area contributed by atoms with Gasteiger partial charge in [-0.1, -0.05) is 12.1 Å². The molecule has 0 radical (unpaired) electrons. The van der Waals surface area contributed by atoms with Gasteiger partial charge in [0.1, 0.15) is 5.82 Å². The van der Waals surface area contributed by atoms with Crippen LogP contribution in [0.25, 0.3) is 22.0 Å². The first kappa shape index (κ1) is 15.2. The fraction of sp³-hybridized carbons (Fsp3) is 0.167. The summed E-state index contributed by atoms with van der Waals surface area (Å²) in [7, 11) is 0. The number of hydrogen-bond acceptors (Lipinski definition) is 2. The van der Waals surface area contributed by atoms with Crippen LogP contribution in [-0.4, -0.2) is 28.6 Å². The Morgan fingerprint density at radius 1 is 1.26 bits per heavy atom. The van der Waals surface area contributed by atoms with Gasteiger partial charge < -0.3 is 15.4 Å². The molecule has 0 bridgehead atoms. The number of nitrogens with one attached hydrogen (secondary N) is 2. The molecule has 4 nitrogen and oxygen atoms in total. The van der Waals surface area contributed by atoms with Crippen molar-refractivity contribution >= 4 is 16.8 Å². The summed E-state index contributed by atoms with van der Waals surface area (Å²) in [5.41, 5.74) is 3.16. The van der Waals surface area contributed by atoms with Crippen LogP contribution in [0.2, 0.25) is 0 Å². The number of fused-ring (bicyclic) bond motifs is 1. The highest BCUT2D eigenvalue weighted by molar-refractivity contribution is 5.97. The van der Waals surface area contributed by atoms with Crippen molar-refractivity contribution in [1.29, 1.82) is 0 Å². The van der Waals surface area contributed by atoms with E-state index in [2.05, 4.69) is 10.3 Å². The number of amides is 1. The zero-order chi connectivity index (χ0) is 16.4. The third kappa shape index (κ3) is 3.10. The SMILES string of the molecule is CC(CO)NC(=O)c1ccc(-c2c[nH]c3ccc(F)cc23)cc1. The van der Waals surface area contributed by atoms with Crippen molar-refractivity contribution in [2.45, 2.75) is 13.0 Å². The zero-order valence-electron chi connectivity index (χ0n) is 12.6. The number of carbonyl (C=O) groups is 1. The van der Waals surface area contributed by atoms with E-state index in [1.165, 1.54) is 12.1 Å². The largest absolute Gasteiger partial charge is 0.394 e. The maximum atomic E-state index is 13.4. The van der Waals surface area contributed by atoms with Crippen molar-refractivity contribution < 1.29 is 14.3 Å². The number of halogens is 1. The fourth-order valence-electron chi connectivity index (χ4n) is 2.49. The van der Waals surface area contributed by atoms with Crippen LogP contribution in [0.5, 0.6) is 0 Å². The van der Waals surface area contributed by atoms with Gasteiger partial charge in [0.25, 0.3) is 5.91 Å². The molecule has 0 saturated carbocycles. The molecule has 1 aromatic heterocycles. The summed E-state index contributed by atoms with van der Waals surface area (Å²) in [4.78, 5) is 15.1. The van der Waals surface area contributed by atoms with Gasteiger partial charge in [0, 0.05) is 34.3 Å². The van der Waals surface area contributed by atoms with Crippen molar-refractivity contribution in [3.8, 4) is 11.1 Å². The summed E-state index contributed by atoms with van der Waals surface area (Å²) < 4.78 is 13.4. The Morgan fingerprint density at radius 3 is 2.70 bits per heavy atom. The van der Waals surface area contributed by atoms with Gasteiger partial charge in [0.2, 0.25) is 0 Å². The molecule has 0 aliphatic rings. The Balaban J connectivity index is 1.89. The lowest BCUT2D eigenvalue weighted by atomic mass is 10.0. The van der Waals surface area contributed by atoms with Crippen LogP contribution >= 0.6 is 0 Å². The monoisotopic (exact) mass is 312 g/mol. The highest BCUT2D eigenvalue weighted by Crippen LogP contribution is 2.29. The molecule has 2 aromatic carbocycles. The minimum Gasteiger partial charge on any atom is -0.394 e. The second kappa shape index (κ2) is 6.22. The van der Waals surface area contributed by atoms with Crippen LogP contribution in [-0.2, 0) is 0 Å². The highest BCUT2D eigenvalue weighted by atomic mass is 19.1. The number of aromatic amines is 1. The Hall–Kier alpha value is -2.66. The van der Waals surface area contributed by atoms with Crippen molar-refractivity contribution in [2.24, 2.45) is 0 Å². The molecule has 3 rings (SSSR count). The molecule has 3 N–H and O–H groups in total. The van der Waals surface area contributed by atoms with E-state index < -0.39 is 0 Å². The van der Waals surface area contributed by atoms with E-state index in [1.807, 2.05) is 18.3 Å². The molecule has 1 atom stereocenters. The fourth-order valence-corrected chi connectivity index (χ4v) is 2.49. The Labute approximate surface area is 133 Å². The number of hydrogen-bond donors (Lipinski definition) is 3. The second-order valence-electron chi connectivity index (χ2n) is 5.53. The van der Waals surface area contributed by atoms with Gasteiger partial charge in [-0.25, -0.2) is 4.39 Å². The molecular weight excluding hydrogens is 295 g/mol. The standard InChI is InChI=1S/C18H17FN2O2/c1-11(10-22)21-18(23)13-4-2-12(3-5-13)16-9-20-17-7-6-14(19)8-15(16)17/h2-9,11,20,22H,10H2,1H3,(H,21,23). The Morgan fingerprint density at radius 2 is 2.00 bits per heavy atom. The van der Waals surface area contributed by atoms with Gasteiger partial charge >= 0.3 is 0 Å². The van der Waals surface area contributed by atoms with Crippen LogP contribution in [0.3, 0.4) is 0 Å². The summed E-state index contributed by atoms with van der Waals surface area (Å²) in [5, 5.41) is 12.5. The predicted molar refractivity (Wildman–Crippen MR) is 87.7 cm³/mol. The molecule has 1 unspecified atom stereocenters. The van der Waals surface area contributed by atoms with E-state index in [0.29, 0.717) is 5.56 Å². The number of aromatic nitrogens is 1. The molecule has 0 aliphatic heterocycles. The van der Waals surface area contributed by atoms with E-state index in [1.54, 1.807) is 25.1 Å². The Bertz CT molecular complexity index is 840. The maximum absolute atomic E-state index is 13.4. The quantitative estimate of drug-likeness (QED) is 0.693. The summed E-state index contributed by atoms with van der Waals surface area (Å²) in [6, 6.07) is 11.4. The molecule has 1 heterocycles. The topological polar surface area (TPSA) is 65.1 Å². The zero-order valence-corrected chi connectivity index (χ0v) is 12.6. The molecule has 118 valence electrons. The maximum Gasteiger partial charge on any atom is 0.251 e. The average Bonchev–Trinajstić information content (AvgIpc) is 2.97. The average molecular weight is 312 g/mol. The summed E-state index contributed by atoms with van der Waals surface area (Å²) in [6.45, 7) is 1.62. The smallest absolute Gasteiger partial charge is 0.251 e. The number of rotatable bonds is 4. The number of aliphatic hydroxyl groups is 1. The highest BCUT2D eigenvalue weighted by Gasteiger charge is 2.11. The van der Waals surface area contributed by atoms with E-state index in [0.717, 1.165) is 22.0 Å². The first-order valence-corrected chi connectivity index (χ1v) is 7.37. The lowest BCUT2D eigenvalue weighted by Crippen LogP contribution is -2.34. The minimum atomic E-state index is -0.293. The van der Waals surface area contributed by atoms with Gasteiger partial charge in [-0.05, 0) is 42.8 Å². The van der Waals surface area contributed by atoms with Crippen LogP contribution < -0.4 is 5.32 Å². The second-order valence-corrected chi connectivity index (χ2v) is 5.53. The number of aliphatic hydroxyl groups excluding tert-OH is 1. The van der Waals surface area contributed by atoms with Crippen LogP contribution in [0.15, 0.2) is 48.7 Å². The van der Waals surface area contributed by atoms with Crippen LogP contribution in [0.4, 0.5) is 4.39 Å². The molecule has 5 heteroatoms. The van der Waals surface area contributed by atoms with Gasteiger partial charge in [-0.3, -0.25) is 4.79 Å². The Kier molecular flexibility index (Phi) is 4.12. The molecule has 0 fully saturated rings. The summed E-state index contributed by atoms with van der Waals surface area (Å²) >= 11 is 0. The normalized spacial score (nSPS) is 12.3. The van der Waals surface area contributed by atoms with Crippen molar-refractivity contribution in [3.05, 3.63) is 60.0 Å². The number of H-pyrrole nitrogens is 1. The van der Waals surface area contributed by atoms with E-state index in [4.69, 9.17) is 5.11 Å².